The number of hydrogen-bond donors (Lipinski definition) is 2. The number of benzene rings is 1. The van der Waals surface area contributed by atoms with Crippen molar-refractivity contribution in [1.29, 1.82) is 0 Å². The van der Waals surface area contributed by atoms with Crippen LogP contribution in [0, 0.1) is 11.6 Å². The number of aliphatic hydroxyl groups is 1. The lowest BCUT2D eigenvalue weighted by atomic mass is 10.0. The average Bonchev–Trinajstić information content (AvgIpc) is 2.77. The van der Waals surface area contributed by atoms with Crippen molar-refractivity contribution in [3.05, 3.63) is 82.8 Å². The summed E-state index contributed by atoms with van der Waals surface area (Å²) in [6.07, 6.45) is -12.1. The first-order valence-electron chi connectivity index (χ1n) is 9.73. The molecule has 0 saturated carbocycles. The van der Waals surface area contributed by atoms with Crippen LogP contribution in [0.3, 0.4) is 0 Å². The molecular formula is C22H15F8N3O2. The van der Waals surface area contributed by atoms with Gasteiger partial charge in [0.15, 0.2) is 6.10 Å². The van der Waals surface area contributed by atoms with Gasteiger partial charge in [0.05, 0.1) is 17.4 Å². The number of carbonyl (C=O) groups is 1. The normalized spacial score (nSPS) is 13.9. The van der Waals surface area contributed by atoms with Gasteiger partial charge in [-0.2, -0.15) is 26.3 Å². The van der Waals surface area contributed by atoms with Gasteiger partial charge in [0, 0.05) is 23.4 Å². The molecule has 2 N–H and O–H groups in total. The van der Waals surface area contributed by atoms with E-state index in [4.69, 9.17) is 0 Å². The Balaban J connectivity index is 1.97. The minimum absolute atomic E-state index is 0.153. The lowest BCUT2D eigenvalue weighted by Crippen LogP contribution is -2.28. The summed E-state index contributed by atoms with van der Waals surface area (Å²) < 4.78 is 105. The van der Waals surface area contributed by atoms with Gasteiger partial charge in [-0.25, -0.2) is 13.8 Å². The fraction of sp³-hybridized carbons (Fsp3) is 0.227. The number of nitrogens with one attached hydrogen (secondary N) is 1. The van der Waals surface area contributed by atoms with E-state index in [9.17, 15) is 45.0 Å². The Labute approximate surface area is 192 Å². The van der Waals surface area contributed by atoms with E-state index in [1.54, 1.807) is 0 Å². The number of alkyl halides is 6. The molecule has 3 rings (SSSR count). The number of amides is 1. The van der Waals surface area contributed by atoms with E-state index in [0.29, 0.717) is 18.2 Å². The Morgan fingerprint density at radius 1 is 1.00 bits per heavy atom. The molecule has 0 saturated heterocycles. The Kier molecular flexibility index (Phi) is 7.11. The van der Waals surface area contributed by atoms with Crippen LogP contribution in [0.15, 0.2) is 48.7 Å². The summed E-state index contributed by atoms with van der Waals surface area (Å²) >= 11 is 0. The molecule has 2 aromatic heterocycles. The molecule has 0 aliphatic heterocycles. The van der Waals surface area contributed by atoms with Crippen molar-refractivity contribution in [1.82, 2.24) is 15.3 Å². The Hall–Kier alpha value is -3.61. The molecule has 2 heterocycles. The van der Waals surface area contributed by atoms with E-state index in [1.807, 2.05) is 0 Å². The third kappa shape index (κ3) is 6.10. The molecule has 0 spiro atoms. The van der Waals surface area contributed by atoms with Crippen molar-refractivity contribution in [3.63, 3.8) is 0 Å². The Bertz CT molecular complexity index is 1230. The fourth-order valence-electron chi connectivity index (χ4n) is 3.02. The summed E-state index contributed by atoms with van der Waals surface area (Å²) in [6.45, 7) is 1.38. The molecule has 1 unspecified atom stereocenters. The minimum atomic E-state index is -5.17. The maximum Gasteiger partial charge on any atom is 0.433 e. The first kappa shape index (κ1) is 26.0. The summed E-state index contributed by atoms with van der Waals surface area (Å²) in [4.78, 5) is 19.6. The van der Waals surface area contributed by atoms with Crippen LogP contribution < -0.4 is 5.32 Å². The molecule has 13 heteroatoms. The van der Waals surface area contributed by atoms with E-state index in [1.165, 1.54) is 6.92 Å². The Morgan fingerprint density at radius 3 is 2.23 bits per heavy atom. The van der Waals surface area contributed by atoms with Gasteiger partial charge in [-0.3, -0.25) is 9.78 Å². The Morgan fingerprint density at radius 2 is 1.69 bits per heavy atom. The van der Waals surface area contributed by atoms with Crippen LogP contribution >= 0.6 is 0 Å². The molecule has 1 amide bonds. The maximum atomic E-state index is 14.2. The zero-order valence-corrected chi connectivity index (χ0v) is 17.5. The highest BCUT2D eigenvalue weighted by Gasteiger charge is 2.41. The van der Waals surface area contributed by atoms with Crippen molar-refractivity contribution in [2.45, 2.75) is 31.4 Å². The zero-order valence-electron chi connectivity index (χ0n) is 17.5. The van der Waals surface area contributed by atoms with E-state index < -0.39 is 70.2 Å². The summed E-state index contributed by atoms with van der Waals surface area (Å²) in [5, 5.41) is 12.0. The topological polar surface area (TPSA) is 75.1 Å². The molecule has 35 heavy (non-hydrogen) atoms. The van der Waals surface area contributed by atoms with Gasteiger partial charge in [0.1, 0.15) is 17.3 Å². The molecule has 1 aromatic carbocycles. The highest BCUT2D eigenvalue weighted by atomic mass is 19.4. The number of halogens is 8. The van der Waals surface area contributed by atoms with Crippen molar-refractivity contribution < 1.29 is 45.0 Å². The van der Waals surface area contributed by atoms with Gasteiger partial charge in [0.25, 0.3) is 5.91 Å². The van der Waals surface area contributed by atoms with Crippen LogP contribution in [0.2, 0.25) is 0 Å². The molecule has 0 aliphatic carbocycles. The minimum Gasteiger partial charge on any atom is -0.378 e. The van der Waals surface area contributed by atoms with Crippen molar-refractivity contribution in [2.75, 3.05) is 0 Å². The predicted molar refractivity (Wildman–Crippen MR) is 106 cm³/mol. The van der Waals surface area contributed by atoms with E-state index in [2.05, 4.69) is 15.3 Å². The van der Waals surface area contributed by atoms with Crippen molar-refractivity contribution >= 4 is 5.91 Å². The molecular weight excluding hydrogens is 490 g/mol. The largest absolute Gasteiger partial charge is 0.433 e. The number of nitrogens with zero attached hydrogens (tertiary/aromatic N) is 2. The monoisotopic (exact) mass is 505 g/mol. The van der Waals surface area contributed by atoms with E-state index in [0.717, 1.165) is 30.5 Å². The van der Waals surface area contributed by atoms with Gasteiger partial charge in [0.2, 0.25) is 0 Å². The molecule has 3 aromatic rings. The predicted octanol–water partition coefficient (Wildman–Crippen LogP) is 5.53. The maximum absolute atomic E-state index is 14.2. The van der Waals surface area contributed by atoms with Crippen LogP contribution in [0.5, 0.6) is 0 Å². The molecule has 2 atom stereocenters. The van der Waals surface area contributed by atoms with E-state index in [-0.39, 0.29) is 5.56 Å². The van der Waals surface area contributed by atoms with Gasteiger partial charge >= 0.3 is 12.4 Å². The average molecular weight is 505 g/mol. The highest BCUT2D eigenvalue weighted by Crippen LogP contribution is 2.34. The lowest BCUT2D eigenvalue weighted by molar-refractivity contribution is -0.207. The number of aliphatic hydroxyl groups excluding tert-OH is 1. The quantitative estimate of drug-likeness (QED) is 0.448. The van der Waals surface area contributed by atoms with Crippen LogP contribution in [0.1, 0.15) is 46.4 Å². The van der Waals surface area contributed by atoms with Gasteiger partial charge in [-0.1, -0.05) is 6.07 Å². The molecule has 0 bridgehead atoms. The standard InChI is InChI=1S/C22H15F8N3O2/c1-10(11-2-5-18(31-9-11)21(25,26)27)32-20(35)12-6-16(14-4-3-13(23)8-15(14)24)33-17(7-12)19(34)22(28,29)30/h2-10,19,34H,1H3,(H,32,35)/t10-,19?/m1/s1. The first-order valence-corrected chi connectivity index (χ1v) is 9.73. The SMILES string of the molecule is C[C@@H](NC(=O)c1cc(-c2ccc(F)cc2F)nc(C(O)C(F)(F)F)c1)c1ccc(C(F)(F)F)nc1. The van der Waals surface area contributed by atoms with Gasteiger partial charge in [-0.15, -0.1) is 0 Å². The van der Waals surface area contributed by atoms with Crippen LogP contribution in [-0.4, -0.2) is 27.2 Å². The second-order valence-electron chi connectivity index (χ2n) is 7.40. The fourth-order valence-corrected chi connectivity index (χ4v) is 3.02. The van der Waals surface area contributed by atoms with E-state index >= 15 is 0 Å². The summed E-state index contributed by atoms with van der Waals surface area (Å²) in [6, 6.07) is 4.56. The second-order valence-corrected chi connectivity index (χ2v) is 7.40. The summed E-state index contributed by atoms with van der Waals surface area (Å²) in [5.74, 6) is -3.14. The molecule has 0 radical (unpaired) electrons. The summed E-state index contributed by atoms with van der Waals surface area (Å²) in [7, 11) is 0. The zero-order chi connectivity index (χ0) is 26.1. The molecule has 186 valence electrons. The van der Waals surface area contributed by atoms with Crippen LogP contribution in [0.4, 0.5) is 35.1 Å². The third-order valence-corrected chi connectivity index (χ3v) is 4.83. The highest BCUT2D eigenvalue weighted by molar-refractivity contribution is 5.95. The van der Waals surface area contributed by atoms with Gasteiger partial charge < -0.3 is 10.4 Å². The van der Waals surface area contributed by atoms with Crippen molar-refractivity contribution in [2.24, 2.45) is 0 Å². The third-order valence-electron chi connectivity index (χ3n) is 4.83. The van der Waals surface area contributed by atoms with Crippen LogP contribution in [-0.2, 0) is 6.18 Å². The smallest absolute Gasteiger partial charge is 0.378 e. The van der Waals surface area contributed by atoms with Crippen LogP contribution in [0.25, 0.3) is 11.3 Å². The van der Waals surface area contributed by atoms with Crippen molar-refractivity contribution in [3.8, 4) is 11.3 Å². The number of carbonyl (C=O) groups excluding carboxylic acids is 1. The lowest BCUT2D eigenvalue weighted by Gasteiger charge is -2.18. The molecule has 5 nitrogen and oxygen atoms in total. The second kappa shape index (κ2) is 9.56. The van der Waals surface area contributed by atoms with Gasteiger partial charge in [-0.05, 0) is 42.8 Å². The number of hydrogen-bond acceptors (Lipinski definition) is 4. The number of rotatable bonds is 5. The number of pyridine rings is 2. The first-order chi connectivity index (χ1) is 16.2. The molecule has 0 aliphatic rings. The molecule has 0 fully saturated rings. The summed E-state index contributed by atoms with van der Waals surface area (Å²) in [5.41, 5.74) is -3.42. The number of aromatic nitrogens is 2.